The largest absolute Gasteiger partial charge is 0.445 e. The molecule has 0 aliphatic carbocycles. The normalized spacial score (nSPS) is 11.1. The molecule has 1 N–H and O–H groups in total. The van der Waals surface area contributed by atoms with Crippen LogP contribution in [0.25, 0.3) is 0 Å². The monoisotopic (exact) mass is 441 g/mol. The standard InChI is InChI=1S/C24H23NO3S.ClH/c26-23(18-29-21-14-8-3-9-15-21)22(16-19-10-4-1-5-11-19)25-24(27)28-17-20-12-6-2-7-13-20;/h1-15,22H,16-18H2,(H,25,27);1H/t22-;/m0./s1. The Labute approximate surface area is 187 Å². The number of rotatable bonds is 9. The molecule has 156 valence electrons. The highest BCUT2D eigenvalue weighted by atomic mass is 35.5. The molecule has 30 heavy (non-hydrogen) atoms. The first-order chi connectivity index (χ1) is 14.2. The van der Waals surface area contributed by atoms with Crippen molar-refractivity contribution in [3.63, 3.8) is 0 Å². The minimum atomic E-state index is -0.642. The van der Waals surface area contributed by atoms with Gasteiger partial charge in [-0.15, -0.1) is 24.2 Å². The Bertz CT molecular complexity index is 908. The van der Waals surface area contributed by atoms with Crippen LogP contribution >= 0.6 is 24.2 Å². The lowest BCUT2D eigenvalue weighted by Gasteiger charge is -2.18. The molecule has 3 rings (SSSR count). The zero-order valence-corrected chi connectivity index (χ0v) is 18.0. The van der Waals surface area contributed by atoms with Gasteiger partial charge in [0.2, 0.25) is 0 Å². The van der Waals surface area contributed by atoms with E-state index in [0.717, 1.165) is 16.0 Å². The van der Waals surface area contributed by atoms with Gasteiger partial charge in [0.25, 0.3) is 0 Å². The third kappa shape index (κ3) is 7.93. The van der Waals surface area contributed by atoms with Crippen LogP contribution in [0.3, 0.4) is 0 Å². The Morgan fingerprint density at radius 1 is 0.800 bits per heavy atom. The van der Waals surface area contributed by atoms with Crippen LogP contribution in [0.2, 0.25) is 0 Å². The molecule has 0 heterocycles. The summed E-state index contributed by atoms with van der Waals surface area (Å²) in [4.78, 5) is 26.2. The van der Waals surface area contributed by atoms with E-state index >= 15 is 0 Å². The van der Waals surface area contributed by atoms with E-state index in [2.05, 4.69) is 5.32 Å². The minimum absolute atomic E-state index is 0. The average Bonchev–Trinajstić information content (AvgIpc) is 2.78. The van der Waals surface area contributed by atoms with E-state index < -0.39 is 12.1 Å². The number of amides is 1. The van der Waals surface area contributed by atoms with Crippen molar-refractivity contribution >= 4 is 36.0 Å². The van der Waals surface area contributed by atoms with Gasteiger partial charge in [-0.3, -0.25) is 4.79 Å². The molecule has 0 fully saturated rings. The van der Waals surface area contributed by atoms with Crippen LogP contribution in [0.1, 0.15) is 11.1 Å². The van der Waals surface area contributed by atoms with E-state index in [9.17, 15) is 9.59 Å². The Kier molecular flexibility index (Phi) is 9.98. The molecule has 0 aliphatic rings. The van der Waals surface area contributed by atoms with Gasteiger partial charge < -0.3 is 10.1 Å². The predicted molar refractivity (Wildman–Crippen MR) is 123 cm³/mol. The van der Waals surface area contributed by atoms with Crippen LogP contribution in [0.5, 0.6) is 0 Å². The van der Waals surface area contributed by atoms with E-state index in [0.29, 0.717) is 6.42 Å². The molecule has 0 saturated heterocycles. The fourth-order valence-electron chi connectivity index (χ4n) is 2.77. The van der Waals surface area contributed by atoms with E-state index in [1.807, 2.05) is 91.0 Å². The fraction of sp³-hybridized carbons (Fsp3) is 0.167. The number of alkyl carbamates (subject to hydrolysis) is 1. The molecule has 4 nitrogen and oxygen atoms in total. The highest BCUT2D eigenvalue weighted by Crippen LogP contribution is 2.18. The van der Waals surface area contributed by atoms with Crippen LogP contribution in [0.4, 0.5) is 4.79 Å². The molecule has 0 radical (unpaired) electrons. The molecule has 0 unspecified atom stereocenters. The SMILES string of the molecule is Cl.O=C(N[C@@H](Cc1ccccc1)C(=O)CSc1ccccc1)OCc1ccccc1. The lowest BCUT2D eigenvalue weighted by molar-refractivity contribution is -0.118. The molecule has 0 spiro atoms. The van der Waals surface area contributed by atoms with Crippen molar-refractivity contribution in [2.75, 3.05) is 5.75 Å². The number of carbonyl (C=O) groups is 2. The van der Waals surface area contributed by atoms with E-state index in [1.165, 1.54) is 11.8 Å². The Hall–Kier alpha value is -2.76. The predicted octanol–water partition coefficient (Wildman–Crippen LogP) is 5.31. The first-order valence-electron chi connectivity index (χ1n) is 9.42. The van der Waals surface area contributed by atoms with Gasteiger partial charge in [0.1, 0.15) is 6.61 Å². The summed E-state index contributed by atoms with van der Waals surface area (Å²) in [6.45, 7) is 0.164. The van der Waals surface area contributed by atoms with Gasteiger partial charge in [0.15, 0.2) is 5.78 Å². The van der Waals surface area contributed by atoms with Crippen LogP contribution in [-0.4, -0.2) is 23.7 Å². The van der Waals surface area contributed by atoms with Crippen molar-refractivity contribution in [1.29, 1.82) is 0 Å². The highest BCUT2D eigenvalue weighted by Gasteiger charge is 2.22. The molecule has 3 aromatic rings. The molecular formula is C24H24ClNO3S. The van der Waals surface area contributed by atoms with Gasteiger partial charge in [0, 0.05) is 4.90 Å². The van der Waals surface area contributed by atoms with Gasteiger partial charge in [-0.2, -0.15) is 0 Å². The van der Waals surface area contributed by atoms with Crippen LogP contribution < -0.4 is 5.32 Å². The van der Waals surface area contributed by atoms with Crippen LogP contribution in [0.15, 0.2) is 95.9 Å². The molecular weight excluding hydrogens is 418 g/mol. The number of carbonyl (C=O) groups excluding carboxylic acids is 2. The van der Waals surface area contributed by atoms with Crippen molar-refractivity contribution in [3.8, 4) is 0 Å². The maximum atomic E-state index is 12.8. The quantitative estimate of drug-likeness (QED) is 0.457. The number of nitrogens with one attached hydrogen (secondary N) is 1. The zero-order chi connectivity index (χ0) is 20.3. The van der Waals surface area contributed by atoms with Gasteiger partial charge in [0.05, 0.1) is 11.8 Å². The molecule has 1 atom stereocenters. The zero-order valence-electron chi connectivity index (χ0n) is 16.4. The number of ether oxygens (including phenoxy) is 1. The summed E-state index contributed by atoms with van der Waals surface area (Å²) >= 11 is 1.46. The number of hydrogen-bond acceptors (Lipinski definition) is 4. The topological polar surface area (TPSA) is 55.4 Å². The number of benzene rings is 3. The van der Waals surface area contributed by atoms with Gasteiger partial charge in [-0.25, -0.2) is 4.79 Å². The van der Waals surface area contributed by atoms with Crippen molar-refractivity contribution < 1.29 is 14.3 Å². The summed E-state index contributed by atoms with van der Waals surface area (Å²) in [6.07, 6.45) is -0.164. The number of hydrogen-bond donors (Lipinski definition) is 1. The third-order valence-electron chi connectivity index (χ3n) is 4.30. The first-order valence-corrected chi connectivity index (χ1v) is 10.4. The lowest BCUT2D eigenvalue weighted by Crippen LogP contribution is -2.43. The van der Waals surface area contributed by atoms with Gasteiger partial charge in [-0.05, 0) is 29.7 Å². The van der Waals surface area contributed by atoms with Crippen molar-refractivity contribution in [2.45, 2.75) is 24.0 Å². The number of ketones is 1. The summed E-state index contributed by atoms with van der Waals surface area (Å²) in [5, 5.41) is 2.75. The maximum absolute atomic E-state index is 12.8. The first kappa shape index (κ1) is 23.5. The molecule has 3 aromatic carbocycles. The molecule has 0 aliphatic heterocycles. The smallest absolute Gasteiger partial charge is 0.408 e. The number of Topliss-reactive ketones (excluding diaryl/α,β-unsaturated/α-hetero) is 1. The molecule has 0 aromatic heterocycles. The third-order valence-corrected chi connectivity index (χ3v) is 5.33. The van der Waals surface area contributed by atoms with Crippen molar-refractivity contribution in [2.24, 2.45) is 0 Å². The Morgan fingerprint density at radius 3 is 1.93 bits per heavy atom. The van der Waals surface area contributed by atoms with Gasteiger partial charge >= 0.3 is 6.09 Å². The molecule has 1 amide bonds. The Balaban J connectivity index is 0.00000320. The van der Waals surface area contributed by atoms with Crippen LogP contribution in [-0.2, 0) is 22.6 Å². The summed E-state index contributed by atoms with van der Waals surface area (Å²) < 4.78 is 5.30. The molecule has 0 bridgehead atoms. The summed E-state index contributed by atoms with van der Waals surface area (Å²) in [7, 11) is 0. The Morgan fingerprint density at radius 2 is 1.33 bits per heavy atom. The summed E-state index contributed by atoms with van der Waals surface area (Å²) in [5.74, 6) is 0.236. The van der Waals surface area contributed by atoms with Gasteiger partial charge in [-0.1, -0.05) is 78.9 Å². The highest BCUT2D eigenvalue weighted by molar-refractivity contribution is 8.00. The fourth-order valence-corrected chi connectivity index (χ4v) is 3.63. The summed E-state index contributed by atoms with van der Waals surface area (Å²) in [5.41, 5.74) is 1.88. The van der Waals surface area contributed by atoms with Crippen LogP contribution in [0, 0.1) is 0 Å². The van der Waals surface area contributed by atoms with Crippen molar-refractivity contribution in [3.05, 3.63) is 102 Å². The number of halogens is 1. The van der Waals surface area contributed by atoms with E-state index in [4.69, 9.17) is 4.74 Å². The maximum Gasteiger partial charge on any atom is 0.408 e. The molecule has 6 heteroatoms. The van der Waals surface area contributed by atoms with E-state index in [1.54, 1.807) is 0 Å². The molecule has 0 saturated carbocycles. The van der Waals surface area contributed by atoms with E-state index in [-0.39, 0.29) is 30.6 Å². The lowest BCUT2D eigenvalue weighted by atomic mass is 10.0. The number of thioether (sulfide) groups is 1. The second kappa shape index (κ2) is 12.7. The van der Waals surface area contributed by atoms with Crippen molar-refractivity contribution in [1.82, 2.24) is 5.32 Å². The average molecular weight is 442 g/mol. The second-order valence-corrected chi connectivity index (χ2v) is 7.57. The summed E-state index contributed by atoms with van der Waals surface area (Å²) in [6, 6.07) is 28.2. The minimum Gasteiger partial charge on any atom is -0.445 e. The second-order valence-electron chi connectivity index (χ2n) is 6.52.